The molecule has 2 rings (SSSR count). The summed E-state index contributed by atoms with van der Waals surface area (Å²) in [7, 11) is 1.91. The molecule has 0 spiro atoms. The van der Waals surface area contributed by atoms with Crippen molar-refractivity contribution in [1.82, 2.24) is 4.98 Å². The van der Waals surface area contributed by atoms with E-state index in [1.54, 1.807) is 30.6 Å². The molecule has 0 unspecified atom stereocenters. The van der Waals surface area contributed by atoms with Crippen molar-refractivity contribution in [2.24, 2.45) is 0 Å². The van der Waals surface area contributed by atoms with Crippen molar-refractivity contribution in [1.29, 1.82) is 5.26 Å². The van der Waals surface area contributed by atoms with E-state index in [0.717, 1.165) is 11.3 Å². The summed E-state index contributed by atoms with van der Waals surface area (Å²) in [6.45, 7) is 2.18. The first-order valence-electron chi connectivity index (χ1n) is 6.27. The molecular formula is C16H15N3O. The van der Waals surface area contributed by atoms with E-state index in [1.165, 1.54) is 6.92 Å². The molecule has 0 aliphatic heterocycles. The van der Waals surface area contributed by atoms with Gasteiger partial charge in [-0.2, -0.15) is 5.26 Å². The van der Waals surface area contributed by atoms with Crippen LogP contribution >= 0.6 is 0 Å². The molecule has 0 saturated heterocycles. The van der Waals surface area contributed by atoms with E-state index < -0.39 is 0 Å². The summed E-state index contributed by atoms with van der Waals surface area (Å²) in [5, 5.41) is 9.00. The quantitative estimate of drug-likeness (QED) is 0.798. The maximum Gasteiger partial charge on any atom is 0.161 e. The lowest BCUT2D eigenvalue weighted by molar-refractivity contribution is 0.101. The van der Waals surface area contributed by atoms with Crippen LogP contribution in [0, 0.1) is 11.3 Å². The normalized spacial score (nSPS) is 9.85. The molecule has 20 heavy (non-hydrogen) atoms. The number of carbonyl (C=O) groups is 1. The first-order valence-corrected chi connectivity index (χ1v) is 6.27. The number of carbonyl (C=O) groups excluding carboxylic acids is 1. The van der Waals surface area contributed by atoms with Crippen molar-refractivity contribution in [2.45, 2.75) is 13.5 Å². The lowest BCUT2D eigenvalue weighted by atomic mass is 10.1. The number of anilines is 1. The third-order valence-electron chi connectivity index (χ3n) is 3.09. The fraction of sp³-hybridized carbons (Fsp3) is 0.188. The average Bonchev–Trinajstić information content (AvgIpc) is 2.47. The molecule has 0 bridgehead atoms. The Morgan fingerprint density at radius 2 is 2.00 bits per heavy atom. The molecule has 0 saturated carbocycles. The third-order valence-corrected chi connectivity index (χ3v) is 3.09. The van der Waals surface area contributed by atoms with Crippen molar-refractivity contribution >= 4 is 11.5 Å². The topological polar surface area (TPSA) is 57.0 Å². The van der Waals surface area contributed by atoms with Crippen LogP contribution in [0.1, 0.15) is 28.4 Å². The third kappa shape index (κ3) is 3.01. The minimum Gasteiger partial charge on any atom is -0.370 e. The molecule has 1 aromatic carbocycles. The number of rotatable bonds is 4. The van der Waals surface area contributed by atoms with Gasteiger partial charge in [-0.15, -0.1) is 0 Å². The van der Waals surface area contributed by atoms with Crippen LogP contribution in [0.25, 0.3) is 0 Å². The highest BCUT2D eigenvalue weighted by Gasteiger charge is 2.12. The zero-order chi connectivity index (χ0) is 14.5. The highest BCUT2D eigenvalue weighted by atomic mass is 16.1. The minimum atomic E-state index is -0.00827. The number of ketones is 1. The lowest BCUT2D eigenvalue weighted by Gasteiger charge is -2.22. The van der Waals surface area contributed by atoms with Crippen LogP contribution in [-0.4, -0.2) is 17.8 Å². The second kappa shape index (κ2) is 5.98. The molecule has 1 heterocycles. The van der Waals surface area contributed by atoms with Crippen LogP contribution in [0.5, 0.6) is 0 Å². The van der Waals surface area contributed by atoms with Gasteiger partial charge in [0.2, 0.25) is 0 Å². The van der Waals surface area contributed by atoms with Crippen LogP contribution in [-0.2, 0) is 6.54 Å². The molecule has 0 aliphatic rings. The Labute approximate surface area is 118 Å². The molecule has 4 heteroatoms. The number of nitriles is 1. The zero-order valence-corrected chi connectivity index (χ0v) is 11.5. The van der Waals surface area contributed by atoms with E-state index in [1.807, 2.05) is 24.1 Å². The SMILES string of the molecule is CC(=O)c1ccc(C#N)cc1N(C)Cc1ccncc1. The van der Waals surface area contributed by atoms with Gasteiger partial charge in [-0.1, -0.05) is 0 Å². The summed E-state index contributed by atoms with van der Waals surface area (Å²) in [5.74, 6) is -0.00827. The van der Waals surface area contributed by atoms with Crippen LogP contribution in [0.2, 0.25) is 0 Å². The molecule has 0 aliphatic carbocycles. The van der Waals surface area contributed by atoms with E-state index in [0.29, 0.717) is 17.7 Å². The smallest absolute Gasteiger partial charge is 0.161 e. The molecule has 0 N–H and O–H groups in total. The Morgan fingerprint density at radius 3 is 2.60 bits per heavy atom. The first-order chi connectivity index (χ1) is 9.61. The number of hydrogen-bond donors (Lipinski definition) is 0. The second-order valence-electron chi connectivity index (χ2n) is 4.61. The van der Waals surface area contributed by atoms with Crippen LogP contribution in [0.15, 0.2) is 42.7 Å². The summed E-state index contributed by atoms with van der Waals surface area (Å²) in [6.07, 6.45) is 3.47. The summed E-state index contributed by atoms with van der Waals surface area (Å²) < 4.78 is 0. The van der Waals surface area contributed by atoms with Crippen molar-refractivity contribution in [3.8, 4) is 6.07 Å². The number of aromatic nitrogens is 1. The molecule has 2 aromatic rings. The Bertz CT molecular complexity index is 659. The highest BCUT2D eigenvalue weighted by Crippen LogP contribution is 2.23. The van der Waals surface area contributed by atoms with E-state index in [2.05, 4.69) is 11.1 Å². The van der Waals surface area contributed by atoms with Gasteiger partial charge in [0.15, 0.2) is 5.78 Å². The van der Waals surface area contributed by atoms with Crippen LogP contribution < -0.4 is 4.90 Å². The van der Waals surface area contributed by atoms with Crippen LogP contribution in [0.3, 0.4) is 0 Å². The van der Waals surface area contributed by atoms with Crippen molar-refractivity contribution < 1.29 is 4.79 Å². The van der Waals surface area contributed by atoms with E-state index in [9.17, 15) is 4.79 Å². The maximum atomic E-state index is 11.7. The fourth-order valence-corrected chi connectivity index (χ4v) is 2.06. The Morgan fingerprint density at radius 1 is 1.30 bits per heavy atom. The predicted molar refractivity (Wildman–Crippen MR) is 77.5 cm³/mol. The number of Topliss-reactive ketones (excluding diaryl/α,β-unsaturated/α-hetero) is 1. The molecule has 0 fully saturated rings. The molecule has 0 radical (unpaired) electrons. The van der Waals surface area contributed by atoms with Crippen LogP contribution in [0.4, 0.5) is 5.69 Å². The highest BCUT2D eigenvalue weighted by molar-refractivity contribution is 5.99. The Kier molecular flexibility index (Phi) is 4.11. The molecule has 4 nitrogen and oxygen atoms in total. The van der Waals surface area contributed by atoms with E-state index in [4.69, 9.17) is 5.26 Å². The van der Waals surface area contributed by atoms with Gasteiger partial charge >= 0.3 is 0 Å². The summed E-state index contributed by atoms with van der Waals surface area (Å²) in [4.78, 5) is 17.7. The number of benzene rings is 1. The van der Waals surface area contributed by atoms with Gasteiger partial charge in [-0.3, -0.25) is 9.78 Å². The van der Waals surface area contributed by atoms with Gasteiger partial charge in [0.05, 0.1) is 11.6 Å². The summed E-state index contributed by atoms with van der Waals surface area (Å²) in [6, 6.07) is 11.1. The number of pyridine rings is 1. The second-order valence-corrected chi connectivity index (χ2v) is 4.61. The van der Waals surface area contributed by atoms with Crippen molar-refractivity contribution in [3.63, 3.8) is 0 Å². The molecular weight excluding hydrogens is 250 g/mol. The van der Waals surface area contributed by atoms with Gasteiger partial charge in [0, 0.05) is 37.2 Å². The van der Waals surface area contributed by atoms with Gasteiger partial charge in [-0.25, -0.2) is 0 Å². The first kappa shape index (κ1) is 13.8. The maximum absolute atomic E-state index is 11.7. The Hall–Kier alpha value is -2.67. The van der Waals surface area contributed by atoms with E-state index >= 15 is 0 Å². The largest absolute Gasteiger partial charge is 0.370 e. The molecule has 0 atom stereocenters. The predicted octanol–water partition coefficient (Wildman–Crippen LogP) is 2.79. The summed E-state index contributed by atoms with van der Waals surface area (Å²) >= 11 is 0. The fourth-order valence-electron chi connectivity index (χ4n) is 2.06. The number of hydrogen-bond acceptors (Lipinski definition) is 4. The standard InChI is InChI=1S/C16H15N3O/c1-12(20)15-4-3-14(10-17)9-16(15)19(2)11-13-5-7-18-8-6-13/h3-9H,11H2,1-2H3. The number of nitrogens with zero attached hydrogens (tertiary/aromatic N) is 3. The Balaban J connectivity index is 2.35. The van der Waals surface area contributed by atoms with Gasteiger partial charge in [-0.05, 0) is 42.8 Å². The zero-order valence-electron chi connectivity index (χ0n) is 11.5. The van der Waals surface area contributed by atoms with Crippen molar-refractivity contribution in [2.75, 3.05) is 11.9 Å². The van der Waals surface area contributed by atoms with Gasteiger partial charge in [0.1, 0.15) is 0 Å². The van der Waals surface area contributed by atoms with Crippen molar-refractivity contribution in [3.05, 3.63) is 59.4 Å². The minimum absolute atomic E-state index is 0.00827. The van der Waals surface area contributed by atoms with E-state index in [-0.39, 0.29) is 5.78 Å². The summed E-state index contributed by atoms with van der Waals surface area (Å²) in [5.41, 5.74) is 3.04. The molecule has 100 valence electrons. The molecule has 0 amide bonds. The lowest BCUT2D eigenvalue weighted by Crippen LogP contribution is -2.19. The average molecular weight is 265 g/mol. The van der Waals surface area contributed by atoms with Gasteiger partial charge < -0.3 is 4.90 Å². The molecule has 1 aromatic heterocycles. The van der Waals surface area contributed by atoms with Gasteiger partial charge in [0.25, 0.3) is 0 Å². The monoisotopic (exact) mass is 265 g/mol.